The molecule has 4 nitrogen and oxygen atoms in total. The average molecular weight is 394 g/mol. The Morgan fingerprint density at radius 2 is 1.59 bits per heavy atom. The molecule has 4 rings (SSSR count). The zero-order valence-corrected chi connectivity index (χ0v) is 17.1. The summed E-state index contributed by atoms with van der Waals surface area (Å²) in [5.41, 5.74) is 1.93. The second kappa shape index (κ2) is 9.55. The van der Waals surface area contributed by atoms with Crippen LogP contribution in [0, 0.1) is 5.92 Å². The summed E-state index contributed by atoms with van der Waals surface area (Å²) in [5.74, 6) is 0.820. The van der Waals surface area contributed by atoms with Gasteiger partial charge >= 0.3 is 0 Å². The van der Waals surface area contributed by atoms with E-state index in [0.717, 1.165) is 50.9 Å². The lowest BCUT2D eigenvalue weighted by Crippen LogP contribution is -2.52. The van der Waals surface area contributed by atoms with E-state index >= 15 is 0 Å². The molecule has 0 unspecified atom stereocenters. The molecule has 0 radical (unpaired) electrons. The molecular weight excluding hydrogens is 362 g/mol. The van der Waals surface area contributed by atoms with Crippen LogP contribution in [0.2, 0.25) is 0 Å². The topological polar surface area (TPSA) is 38.8 Å². The van der Waals surface area contributed by atoms with Gasteiger partial charge in [-0.05, 0) is 42.7 Å². The predicted octanol–water partition coefficient (Wildman–Crippen LogP) is 4.19. The fourth-order valence-electron chi connectivity index (χ4n) is 4.63. The fraction of sp³-hybridized carbons (Fsp3) is 0.480. The van der Waals surface area contributed by atoms with Gasteiger partial charge < -0.3 is 14.4 Å². The summed E-state index contributed by atoms with van der Waals surface area (Å²) in [7, 11) is 0. The lowest BCUT2D eigenvalue weighted by atomic mass is 9.72. The highest BCUT2D eigenvalue weighted by molar-refractivity contribution is 5.88. The number of rotatable bonds is 6. The highest BCUT2D eigenvalue weighted by Crippen LogP contribution is 2.37. The molecule has 0 saturated carbocycles. The first-order valence-corrected chi connectivity index (χ1v) is 10.8. The number of hydrogen-bond acceptors (Lipinski definition) is 3. The molecular formula is C25H31NO3. The van der Waals surface area contributed by atoms with Crippen LogP contribution < -0.4 is 0 Å². The van der Waals surface area contributed by atoms with Crippen LogP contribution in [0.25, 0.3) is 0 Å². The maximum Gasteiger partial charge on any atom is 0.233 e. The van der Waals surface area contributed by atoms with Crippen molar-refractivity contribution in [1.29, 1.82) is 0 Å². The number of nitrogens with zero attached hydrogens (tertiary/aromatic N) is 1. The Bertz CT molecular complexity index is 763. The molecule has 0 spiro atoms. The average Bonchev–Trinajstić information content (AvgIpc) is 2.81. The van der Waals surface area contributed by atoms with E-state index in [1.807, 2.05) is 36.4 Å². The lowest BCUT2D eigenvalue weighted by Gasteiger charge is -2.42. The molecule has 0 aromatic heterocycles. The molecule has 0 aliphatic carbocycles. The molecule has 4 heteroatoms. The van der Waals surface area contributed by atoms with Gasteiger partial charge in [0.05, 0.1) is 12.0 Å². The summed E-state index contributed by atoms with van der Waals surface area (Å²) in [6, 6.07) is 20.6. The Balaban J connectivity index is 1.33. The Hall–Kier alpha value is -2.17. The van der Waals surface area contributed by atoms with E-state index < -0.39 is 5.41 Å². The number of amides is 1. The van der Waals surface area contributed by atoms with Gasteiger partial charge in [0, 0.05) is 32.9 Å². The third-order valence-corrected chi connectivity index (χ3v) is 6.45. The summed E-state index contributed by atoms with van der Waals surface area (Å²) in [6.45, 7) is 4.40. The molecule has 29 heavy (non-hydrogen) atoms. The second-order valence-corrected chi connectivity index (χ2v) is 8.30. The monoisotopic (exact) mass is 393 g/mol. The van der Waals surface area contributed by atoms with Crippen molar-refractivity contribution >= 4 is 5.91 Å². The SMILES string of the molecule is O=C(N1CCC(COCc2ccccc2)CC1)C1(c2ccccc2)CCOCC1. The summed E-state index contributed by atoms with van der Waals surface area (Å²) < 4.78 is 11.5. The van der Waals surface area contributed by atoms with Crippen LogP contribution in [-0.4, -0.2) is 43.7 Å². The second-order valence-electron chi connectivity index (χ2n) is 8.30. The van der Waals surface area contributed by atoms with Gasteiger partial charge in [-0.25, -0.2) is 0 Å². The third kappa shape index (κ3) is 4.71. The number of hydrogen-bond donors (Lipinski definition) is 0. The van der Waals surface area contributed by atoms with Crippen LogP contribution in [0.3, 0.4) is 0 Å². The standard InChI is InChI=1S/C25H31NO3/c27-24(25(13-17-28-18-14-25)23-9-5-2-6-10-23)26-15-11-22(12-16-26)20-29-19-21-7-3-1-4-8-21/h1-10,22H,11-20H2. The van der Waals surface area contributed by atoms with Gasteiger partial charge in [-0.3, -0.25) is 4.79 Å². The van der Waals surface area contributed by atoms with E-state index in [1.165, 1.54) is 5.56 Å². The molecule has 2 aliphatic rings. The molecule has 2 aromatic rings. The lowest BCUT2D eigenvalue weighted by molar-refractivity contribution is -0.143. The van der Waals surface area contributed by atoms with E-state index in [1.54, 1.807) is 0 Å². The molecule has 0 bridgehead atoms. The van der Waals surface area contributed by atoms with Crippen molar-refractivity contribution in [2.75, 3.05) is 32.9 Å². The molecule has 2 aromatic carbocycles. The van der Waals surface area contributed by atoms with Crippen LogP contribution in [0.4, 0.5) is 0 Å². The zero-order chi connectivity index (χ0) is 19.9. The van der Waals surface area contributed by atoms with Gasteiger partial charge in [0.2, 0.25) is 5.91 Å². The first-order chi connectivity index (χ1) is 14.3. The van der Waals surface area contributed by atoms with Crippen LogP contribution in [0.5, 0.6) is 0 Å². The molecule has 1 amide bonds. The van der Waals surface area contributed by atoms with Crippen molar-refractivity contribution in [3.8, 4) is 0 Å². The predicted molar refractivity (Wildman–Crippen MR) is 114 cm³/mol. The number of carbonyl (C=O) groups is 1. The van der Waals surface area contributed by atoms with Crippen molar-refractivity contribution in [1.82, 2.24) is 4.90 Å². The molecule has 2 heterocycles. The fourth-order valence-corrected chi connectivity index (χ4v) is 4.63. The smallest absolute Gasteiger partial charge is 0.233 e. The van der Waals surface area contributed by atoms with Gasteiger partial charge in [-0.1, -0.05) is 60.7 Å². The largest absolute Gasteiger partial charge is 0.381 e. The van der Waals surface area contributed by atoms with Crippen molar-refractivity contribution in [3.05, 3.63) is 71.8 Å². The van der Waals surface area contributed by atoms with Gasteiger partial charge in [0.15, 0.2) is 0 Å². The zero-order valence-electron chi connectivity index (χ0n) is 17.1. The highest BCUT2D eigenvalue weighted by Gasteiger charge is 2.44. The minimum atomic E-state index is -0.420. The molecule has 2 fully saturated rings. The van der Waals surface area contributed by atoms with Crippen molar-refractivity contribution in [2.45, 2.75) is 37.7 Å². The number of ether oxygens (including phenoxy) is 2. The van der Waals surface area contributed by atoms with E-state index in [0.29, 0.717) is 25.7 Å². The number of piperidine rings is 1. The third-order valence-electron chi connectivity index (χ3n) is 6.45. The first kappa shape index (κ1) is 20.1. The number of likely N-dealkylation sites (tertiary alicyclic amines) is 1. The number of carbonyl (C=O) groups excluding carboxylic acids is 1. The van der Waals surface area contributed by atoms with E-state index in [4.69, 9.17) is 9.47 Å². The first-order valence-electron chi connectivity index (χ1n) is 10.8. The highest BCUT2D eigenvalue weighted by atomic mass is 16.5. The summed E-state index contributed by atoms with van der Waals surface area (Å²) in [4.78, 5) is 15.7. The van der Waals surface area contributed by atoms with Gasteiger partial charge in [-0.15, -0.1) is 0 Å². The van der Waals surface area contributed by atoms with Crippen LogP contribution >= 0.6 is 0 Å². The van der Waals surface area contributed by atoms with Crippen LogP contribution in [0.15, 0.2) is 60.7 Å². The maximum atomic E-state index is 13.6. The van der Waals surface area contributed by atoms with E-state index in [2.05, 4.69) is 29.2 Å². The van der Waals surface area contributed by atoms with Crippen molar-refractivity contribution < 1.29 is 14.3 Å². The molecule has 2 saturated heterocycles. The molecule has 2 aliphatic heterocycles. The molecule has 0 N–H and O–H groups in total. The Morgan fingerprint density at radius 1 is 0.966 bits per heavy atom. The van der Waals surface area contributed by atoms with Crippen LogP contribution in [0.1, 0.15) is 36.8 Å². The van der Waals surface area contributed by atoms with Gasteiger partial charge in [-0.2, -0.15) is 0 Å². The minimum Gasteiger partial charge on any atom is -0.381 e. The Labute approximate surface area is 173 Å². The van der Waals surface area contributed by atoms with Crippen molar-refractivity contribution in [3.63, 3.8) is 0 Å². The maximum absolute atomic E-state index is 13.6. The quantitative estimate of drug-likeness (QED) is 0.739. The van der Waals surface area contributed by atoms with Crippen LogP contribution in [-0.2, 0) is 26.3 Å². The normalized spacial score (nSPS) is 19.8. The summed E-state index contributed by atoms with van der Waals surface area (Å²) in [5, 5.41) is 0. The van der Waals surface area contributed by atoms with E-state index in [-0.39, 0.29) is 5.91 Å². The van der Waals surface area contributed by atoms with Gasteiger partial charge in [0.1, 0.15) is 0 Å². The Morgan fingerprint density at radius 3 is 2.24 bits per heavy atom. The van der Waals surface area contributed by atoms with Crippen molar-refractivity contribution in [2.24, 2.45) is 5.92 Å². The Kier molecular flexibility index (Phi) is 6.63. The van der Waals surface area contributed by atoms with Gasteiger partial charge in [0.25, 0.3) is 0 Å². The molecule has 154 valence electrons. The van der Waals surface area contributed by atoms with E-state index in [9.17, 15) is 4.79 Å². The summed E-state index contributed by atoms with van der Waals surface area (Å²) >= 11 is 0. The summed E-state index contributed by atoms with van der Waals surface area (Å²) in [6.07, 6.45) is 3.58. The molecule has 0 atom stereocenters. The minimum absolute atomic E-state index is 0.288. The number of benzene rings is 2.